The van der Waals surface area contributed by atoms with E-state index >= 15 is 0 Å². The van der Waals surface area contributed by atoms with Gasteiger partial charge in [0.1, 0.15) is 39.6 Å². The average molecular weight is 805 g/mol. The van der Waals surface area contributed by atoms with Gasteiger partial charge < -0.3 is 31.0 Å². The summed E-state index contributed by atoms with van der Waals surface area (Å²) in [4.78, 5) is 0. The second kappa shape index (κ2) is 15.1. The van der Waals surface area contributed by atoms with E-state index in [1.165, 1.54) is 0 Å². The first-order valence-electron chi connectivity index (χ1n) is 18.9. The molecule has 2 heterocycles. The van der Waals surface area contributed by atoms with Gasteiger partial charge >= 0.3 is 16.5 Å². The van der Waals surface area contributed by atoms with Crippen LogP contribution in [0.25, 0.3) is 43.9 Å². The zero-order chi connectivity index (χ0) is 41.1. The Morgan fingerprint density at radius 2 is 0.679 bits per heavy atom. The van der Waals surface area contributed by atoms with Crippen LogP contribution in [-0.4, -0.2) is 28.1 Å². The zero-order valence-electron chi connectivity index (χ0n) is 35.9. The minimum atomic E-state index is -2.05. The minimum Gasteiger partial charge on any atom is -0.497 e. The van der Waals surface area contributed by atoms with E-state index in [0.717, 1.165) is 55.1 Å². The molecule has 0 aliphatic rings. The maximum Gasteiger partial charge on any atom is 0.389 e. The fraction of sp³-hybridized carbons (Fsp3) is 0.467. The van der Waals surface area contributed by atoms with Gasteiger partial charge in [0.2, 0.25) is 0 Å². The predicted octanol–water partition coefficient (Wildman–Crippen LogP) is 13.9. The van der Waals surface area contributed by atoms with Gasteiger partial charge in [0.05, 0.1) is 21.3 Å². The SMILES string of the molecule is COc1cc(C(C)(C)C)c2op(OCOp3oc4c(C(C)(C)C)cc(OC)cc4c4cc(OC)cc(C(C)(C)C)c4o3)oc3c(C(C)(C)C)cc(C)cc3c2c1. The molecule has 1 unspecified atom stereocenters. The normalized spacial score (nSPS) is 13.2. The maximum atomic E-state index is 6.80. The van der Waals surface area contributed by atoms with Gasteiger partial charge in [-0.1, -0.05) is 89.2 Å². The van der Waals surface area contributed by atoms with Crippen LogP contribution in [0.15, 0.2) is 65.3 Å². The Bertz CT molecular complexity index is 2430. The summed E-state index contributed by atoms with van der Waals surface area (Å²) in [5.74, 6) is 2.16. The molecule has 0 bridgehead atoms. The van der Waals surface area contributed by atoms with Gasteiger partial charge in [-0.15, -0.1) is 0 Å². The van der Waals surface area contributed by atoms with E-state index in [9.17, 15) is 0 Å². The third-order valence-electron chi connectivity index (χ3n) is 9.92. The summed E-state index contributed by atoms with van der Waals surface area (Å²) >= 11 is 0. The van der Waals surface area contributed by atoms with Crippen LogP contribution < -0.4 is 23.3 Å². The van der Waals surface area contributed by atoms with Crippen LogP contribution in [0.3, 0.4) is 0 Å². The molecule has 0 aliphatic carbocycles. The van der Waals surface area contributed by atoms with E-state index in [2.05, 4.69) is 102 Å². The third-order valence-corrected chi connectivity index (χ3v) is 11.9. The molecule has 0 amide bonds. The minimum absolute atomic E-state index is 0.230. The number of fused-ring (bicyclic) bond motifs is 6. The van der Waals surface area contributed by atoms with Crippen LogP contribution >= 0.6 is 16.5 Å². The molecular formula is C45H58O9P2. The van der Waals surface area contributed by atoms with Crippen molar-refractivity contribution in [2.75, 3.05) is 28.1 Å². The lowest BCUT2D eigenvalue weighted by atomic mass is 9.83. The molecule has 6 rings (SSSR count). The van der Waals surface area contributed by atoms with Gasteiger partial charge in [0.15, 0.2) is 6.79 Å². The van der Waals surface area contributed by atoms with Crippen LogP contribution in [0.2, 0.25) is 0 Å². The summed E-state index contributed by atoms with van der Waals surface area (Å²) in [7, 11) is 0.958. The molecule has 0 N–H and O–H groups in total. The van der Waals surface area contributed by atoms with Gasteiger partial charge in [0.25, 0.3) is 0 Å². The number of hydrogen-bond acceptors (Lipinski definition) is 9. The van der Waals surface area contributed by atoms with Crippen molar-refractivity contribution in [3.05, 3.63) is 76.3 Å². The molecule has 0 spiro atoms. The second-order valence-corrected chi connectivity index (χ2v) is 20.7. The first kappa shape index (κ1) is 41.6. The molecule has 56 heavy (non-hydrogen) atoms. The van der Waals surface area contributed by atoms with Crippen LogP contribution in [0.4, 0.5) is 0 Å². The Balaban J connectivity index is 1.60. The Labute approximate surface area is 332 Å². The molecule has 2 aromatic heterocycles. The van der Waals surface area contributed by atoms with Crippen molar-refractivity contribution in [3.63, 3.8) is 0 Å². The summed E-state index contributed by atoms with van der Waals surface area (Å²) in [6.07, 6.45) is 0. The highest BCUT2D eigenvalue weighted by Crippen LogP contribution is 2.46. The fourth-order valence-corrected chi connectivity index (χ4v) is 8.94. The monoisotopic (exact) mass is 804 g/mol. The van der Waals surface area contributed by atoms with Crippen LogP contribution in [0.5, 0.6) is 17.2 Å². The lowest BCUT2D eigenvalue weighted by molar-refractivity contribution is 0.195. The highest BCUT2D eigenvalue weighted by Gasteiger charge is 2.28. The Morgan fingerprint density at radius 3 is 0.946 bits per heavy atom. The van der Waals surface area contributed by atoms with E-state index in [0.29, 0.717) is 33.8 Å². The van der Waals surface area contributed by atoms with E-state index in [4.69, 9.17) is 40.0 Å². The van der Waals surface area contributed by atoms with Crippen LogP contribution in [-0.2, 0) is 21.7 Å². The molecule has 0 saturated heterocycles. The van der Waals surface area contributed by atoms with E-state index in [1.807, 2.05) is 36.4 Å². The van der Waals surface area contributed by atoms with Gasteiger partial charge in [0, 0.05) is 43.8 Å². The lowest BCUT2D eigenvalue weighted by Crippen LogP contribution is -2.12. The number of benzene rings is 4. The number of rotatable bonds is 7. The number of methoxy groups -OCH3 is 3. The van der Waals surface area contributed by atoms with Gasteiger partial charge in [-0.2, -0.15) is 0 Å². The van der Waals surface area contributed by atoms with Crippen molar-refractivity contribution in [1.82, 2.24) is 0 Å². The van der Waals surface area contributed by atoms with Crippen molar-refractivity contribution >= 4 is 60.4 Å². The quantitative estimate of drug-likeness (QED) is 0.146. The molecule has 0 fully saturated rings. The number of hydrogen-bond donors (Lipinski definition) is 0. The Kier molecular flexibility index (Phi) is 11.2. The highest BCUT2D eigenvalue weighted by atomic mass is 31.1. The Hall–Kier alpha value is -4.00. The van der Waals surface area contributed by atoms with E-state index in [-0.39, 0.29) is 28.5 Å². The molecule has 0 radical (unpaired) electrons. The Morgan fingerprint density at radius 1 is 0.411 bits per heavy atom. The van der Waals surface area contributed by atoms with E-state index in [1.54, 1.807) is 21.3 Å². The molecule has 1 atom stereocenters. The molecule has 302 valence electrons. The summed E-state index contributed by atoms with van der Waals surface area (Å²) in [6, 6.07) is 16.4. The summed E-state index contributed by atoms with van der Waals surface area (Å²) in [5, 5.41) is 3.46. The van der Waals surface area contributed by atoms with Crippen molar-refractivity contribution in [2.24, 2.45) is 0 Å². The lowest BCUT2D eigenvalue weighted by Gasteiger charge is -2.21. The first-order chi connectivity index (χ1) is 26.0. The smallest absolute Gasteiger partial charge is 0.389 e. The molecule has 9 nitrogen and oxygen atoms in total. The van der Waals surface area contributed by atoms with Crippen molar-refractivity contribution < 1.29 is 40.0 Å². The molecule has 0 saturated carbocycles. The molecular weight excluding hydrogens is 746 g/mol. The van der Waals surface area contributed by atoms with Crippen LogP contribution in [0, 0.1) is 6.92 Å². The first-order valence-corrected chi connectivity index (χ1v) is 21.1. The predicted molar refractivity (Wildman–Crippen MR) is 230 cm³/mol. The topological polar surface area (TPSA) is 98.7 Å². The zero-order valence-corrected chi connectivity index (χ0v) is 37.7. The average Bonchev–Trinajstić information content (AvgIpc) is 3.35. The van der Waals surface area contributed by atoms with Gasteiger partial charge in [-0.25, -0.2) is 9.05 Å². The van der Waals surface area contributed by atoms with Crippen molar-refractivity contribution in [3.8, 4) is 17.2 Å². The van der Waals surface area contributed by atoms with Gasteiger partial charge in [-0.05, 0) is 76.6 Å². The third kappa shape index (κ3) is 8.34. The standard InChI is InChI=1S/C45H58O9P2/c1-26-17-30-31-19-27(46-14)22-35(43(5,6)7)39(31)52-55(51-38(30)34(18-26)42(2,3)4)49-25-50-56-53-40-32(20-28(47-15)23-36(40)44(8,9)10)33-21-29(48-16)24-37(41(33)54-56)45(11,12)13/h17-24H,25H2,1-16H3. The van der Waals surface area contributed by atoms with Crippen molar-refractivity contribution in [1.29, 1.82) is 0 Å². The molecule has 0 aliphatic heterocycles. The second-order valence-electron chi connectivity index (χ2n) is 18.5. The van der Waals surface area contributed by atoms with Gasteiger partial charge in [-0.3, -0.25) is 0 Å². The summed E-state index contributed by atoms with van der Waals surface area (Å²) in [6.45, 7) is 27.7. The van der Waals surface area contributed by atoms with Crippen molar-refractivity contribution in [2.45, 2.75) is 112 Å². The largest absolute Gasteiger partial charge is 0.497 e. The molecule has 11 heteroatoms. The number of ether oxygens (including phenoxy) is 3. The number of aryl methyl sites for hydroxylation is 1. The highest BCUT2D eigenvalue weighted by molar-refractivity contribution is 7.32. The summed E-state index contributed by atoms with van der Waals surface area (Å²) < 4.78 is 57.6. The fourth-order valence-electron chi connectivity index (χ4n) is 6.91. The van der Waals surface area contributed by atoms with Crippen LogP contribution in [0.1, 0.15) is 111 Å². The molecule has 6 aromatic rings. The molecule has 4 aromatic carbocycles. The van der Waals surface area contributed by atoms with E-state index < -0.39 is 16.5 Å². The summed E-state index contributed by atoms with van der Waals surface area (Å²) in [5.41, 5.74) is 6.59. The maximum absolute atomic E-state index is 6.80.